The fourth-order valence-electron chi connectivity index (χ4n) is 1.09. The van der Waals surface area contributed by atoms with E-state index in [1.165, 1.54) is 0 Å². The summed E-state index contributed by atoms with van der Waals surface area (Å²) in [6.45, 7) is 0.671. The lowest BCUT2D eigenvalue weighted by atomic mass is 10.3. The van der Waals surface area contributed by atoms with Gasteiger partial charge in [0.05, 0.1) is 0 Å². The number of hydrogen-bond donors (Lipinski definition) is 3. The van der Waals surface area contributed by atoms with Crippen LogP contribution >= 0.6 is 11.8 Å². The second-order valence-electron chi connectivity index (χ2n) is 3.20. The van der Waals surface area contributed by atoms with Crippen molar-refractivity contribution in [2.45, 2.75) is 11.3 Å². The lowest BCUT2D eigenvalue weighted by molar-refractivity contribution is 0.243. The van der Waals surface area contributed by atoms with Gasteiger partial charge in [-0.1, -0.05) is 0 Å². The Morgan fingerprint density at radius 2 is 2.06 bits per heavy atom. The van der Waals surface area contributed by atoms with Crippen molar-refractivity contribution >= 4 is 17.8 Å². The number of hydrogen-bond acceptors (Lipinski definition) is 3. The van der Waals surface area contributed by atoms with Gasteiger partial charge >= 0.3 is 6.03 Å². The van der Waals surface area contributed by atoms with Gasteiger partial charge in [0.2, 0.25) is 0 Å². The summed E-state index contributed by atoms with van der Waals surface area (Å²) < 4.78 is 0. The van der Waals surface area contributed by atoms with Gasteiger partial charge in [-0.05, 0) is 36.4 Å². The van der Waals surface area contributed by atoms with E-state index in [0.717, 1.165) is 17.1 Å². The molecule has 0 unspecified atom stereocenters. The van der Waals surface area contributed by atoms with E-state index in [4.69, 9.17) is 5.11 Å². The molecule has 0 atom stereocenters. The Kier molecular flexibility index (Phi) is 5.56. The molecule has 0 radical (unpaired) electrons. The number of rotatable bonds is 5. The fraction of sp³-hybridized carbons (Fsp3) is 0.364. The molecule has 1 rings (SSSR count). The first-order valence-electron chi connectivity index (χ1n) is 5.10. The summed E-state index contributed by atoms with van der Waals surface area (Å²) in [5, 5.41) is 14.3. The molecule has 0 saturated carbocycles. The topological polar surface area (TPSA) is 61.4 Å². The molecule has 3 N–H and O–H groups in total. The summed E-state index contributed by atoms with van der Waals surface area (Å²) in [5.41, 5.74) is 0. The minimum absolute atomic E-state index is 0.144. The normalized spacial score (nSPS) is 9.81. The molecule has 0 fully saturated rings. The number of urea groups is 1. The molecule has 0 bridgehead atoms. The maximum Gasteiger partial charge on any atom is 0.314 e. The van der Waals surface area contributed by atoms with Crippen LogP contribution in [0.2, 0.25) is 0 Å². The zero-order valence-corrected chi connectivity index (χ0v) is 10.0. The Hall–Kier alpha value is -1.36. The molecular formula is C11H16N2O2S. The van der Waals surface area contributed by atoms with Crippen LogP contribution in [0.15, 0.2) is 29.2 Å². The Balaban J connectivity index is 2.11. The second-order valence-corrected chi connectivity index (χ2v) is 4.37. The molecule has 0 saturated heterocycles. The van der Waals surface area contributed by atoms with E-state index in [9.17, 15) is 4.79 Å². The molecule has 1 aromatic carbocycles. The Labute approximate surface area is 99.4 Å². The number of phenolic OH excluding ortho intramolecular Hbond substituents is 1. The fourth-order valence-corrected chi connectivity index (χ4v) is 1.95. The van der Waals surface area contributed by atoms with Crippen molar-refractivity contribution in [2.75, 3.05) is 19.3 Å². The van der Waals surface area contributed by atoms with Gasteiger partial charge < -0.3 is 15.7 Å². The molecule has 2 amide bonds. The van der Waals surface area contributed by atoms with Crippen LogP contribution < -0.4 is 10.6 Å². The Morgan fingerprint density at radius 1 is 1.38 bits per heavy atom. The molecule has 0 aliphatic heterocycles. The van der Waals surface area contributed by atoms with Crippen molar-refractivity contribution in [1.29, 1.82) is 0 Å². The summed E-state index contributed by atoms with van der Waals surface area (Å²) in [6.07, 6.45) is 0.916. The second kappa shape index (κ2) is 7.00. The maximum atomic E-state index is 10.8. The molecule has 0 spiro atoms. The number of phenols is 1. The first kappa shape index (κ1) is 12.7. The minimum Gasteiger partial charge on any atom is -0.508 e. The minimum atomic E-state index is -0.144. The number of carbonyl (C=O) groups is 1. The van der Waals surface area contributed by atoms with Gasteiger partial charge in [0.25, 0.3) is 0 Å². The number of amides is 2. The van der Waals surface area contributed by atoms with Crippen molar-refractivity contribution in [3.05, 3.63) is 24.3 Å². The van der Waals surface area contributed by atoms with Gasteiger partial charge in [0.15, 0.2) is 0 Å². The summed E-state index contributed by atoms with van der Waals surface area (Å²) in [4.78, 5) is 11.9. The molecular weight excluding hydrogens is 224 g/mol. The number of thioether (sulfide) groups is 1. The number of carbonyl (C=O) groups excluding carboxylic acids is 1. The first-order chi connectivity index (χ1) is 7.72. The summed E-state index contributed by atoms with van der Waals surface area (Å²) in [7, 11) is 1.60. The smallest absolute Gasteiger partial charge is 0.314 e. The first-order valence-corrected chi connectivity index (χ1v) is 6.08. The Morgan fingerprint density at radius 3 is 2.69 bits per heavy atom. The van der Waals surface area contributed by atoms with Crippen LogP contribution in [0.4, 0.5) is 4.79 Å². The molecule has 0 heterocycles. The number of benzene rings is 1. The zero-order valence-electron chi connectivity index (χ0n) is 9.19. The van der Waals surface area contributed by atoms with Gasteiger partial charge in [-0.15, -0.1) is 11.8 Å². The third-order valence-electron chi connectivity index (χ3n) is 1.94. The molecule has 0 aromatic heterocycles. The van der Waals surface area contributed by atoms with E-state index in [1.54, 1.807) is 30.9 Å². The van der Waals surface area contributed by atoms with Crippen LogP contribution in [0.5, 0.6) is 5.75 Å². The molecule has 88 valence electrons. The van der Waals surface area contributed by atoms with Crippen molar-refractivity contribution in [2.24, 2.45) is 0 Å². The van der Waals surface area contributed by atoms with Crippen LogP contribution in [0, 0.1) is 0 Å². The largest absolute Gasteiger partial charge is 0.508 e. The standard InChI is InChI=1S/C11H16N2O2S/c1-12-11(15)13-7-2-8-16-10-5-3-9(14)4-6-10/h3-6,14H,2,7-8H2,1H3,(H2,12,13,15). The number of nitrogens with one attached hydrogen (secondary N) is 2. The van der Waals surface area contributed by atoms with Crippen molar-refractivity contribution in [3.63, 3.8) is 0 Å². The molecule has 0 aliphatic carbocycles. The summed E-state index contributed by atoms with van der Waals surface area (Å²) in [5.74, 6) is 1.22. The van der Waals surface area contributed by atoms with Crippen LogP contribution in [0.3, 0.4) is 0 Å². The molecule has 0 aliphatic rings. The molecule has 4 nitrogen and oxygen atoms in total. The van der Waals surface area contributed by atoms with E-state index in [1.807, 2.05) is 12.1 Å². The SMILES string of the molecule is CNC(=O)NCCCSc1ccc(O)cc1. The molecule has 16 heavy (non-hydrogen) atoms. The van der Waals surface area contributed by atoms with E-state index in [0.29, 0.717) is 6.54 Å². The van der Waals surface area contributed by atoms with Crippen LogP contribution in [-0.4, -0.2) is 30.5 Å². The van der Waals surface area contributed by atoms with Gasteiger partial charge in [-0.2, -0.15) is 0 Å². The van der Waals surface area contributed by atoms with E-state index in [2.05, 4.69) is 10.6 Å². The highest BCUT2D eigenvalue weighted by atomic mass is 32.2. The average Bonchev–Trinajstić information content (AvgIpc) is 2.31. The van der Waals surface area contributed by atoms with Crippen LogP contribution in [0.25, 0.3) is 0 Å². The van der Waals surface area contributed by atoms with Crippen LogP contribution in [-0.2, 0) is 0 Å². The van der Waals surface area contributed by atoms with Crippen LogP contribution in [0.1, 0.15) is 6.42 Å². The summed E-state index contributed by atoms with van der Waals surface area (Å²) >= 11 is 1.71. The lowest BCUT2D eigenvalue weighted by Gasteiger charge is -2.04. The predicted molar refractivity (Wildman–Crippen MR) is 65.9 cm³/mol. The molecule has 5 heteroatoms. The highest BCUT2D eigenvalue weighted by Crippen LogP contribution is 2.20. The number of aromatic hydroxyl groups is 1. The van der Waals surface area contributed by atoms with E-state index in [-0.39, 0.29) is 11.8 Å². The van der Waals surface area contributed by atoms with Gasteiger partial charge in [-0.25, -0.2) is 4.79 Å². The summed E-state index contributed by atoms with van der Waals surface area (Å²) in [6, 6.07) is 6.96. The third kappa shape index (κ3) is 4.93. The predicted octanol–water partition coefficient (Wildman–Crippen LogP) is 1.80. The third-order valence-corrected chi connectivity index (χ3v) is 3.04. The highest BCUT2D eigenvalue weighted by molar-refractivity contribution is 7.99. The van der Waals surface area contributed by atoms with Gasteiger partial charge in [0, 0.05) is 18.5 Å². The zero-order chi connectivity index (χ0) is 11.8. The van der Waals surface area contributed by atoms with Crippen molar-refractivity contribution in [3.8, 4) is 5.75 Å². The molecule has 1 aromatic rings. The monoisotopic (exact) mass is 240 g/mol. The average molecular weight is 240 g/mol. The van der Waals surface area contributed by atoms with Gasteiger partial charge in [-0.3, -0.25) is 0 Å². The van der Waals surface area contributed by atoms with Crippen molar-refractivity contribution < 1.29 is 9.90 Å². The lowest BCUT2D eigenvalue weighted by Crippen LogP contribution is -2.33. The maximum absolute atomic E-state index is 10.8. The Bertz CT molecular complexity index is 327. The van der Waals surface area contributed by atoms with Crippen molar-refractivity contribution in [1.82, 2.24) is 10.6 Å². The van der Waals surface area contributed by atoms with Gasteiger partial charge in [0.1, 0.15) is 5.75 Å². The van der Waals surface area contributed by atoms with E-state index < -0.39 is 0 Å². The quantitative estimate of drug-likeness (QED) is 0.543. The van der Waals surface area contributed by atoms with E-state index >= 15 is 0 Å². The highest BCUT2D eigenvalue weighted by Gasteiger charge is 1.96.